The van der Waals surface area contributed by atoms with Crippen LogP contribution in [-0.2, 0) is 18.4 Å². The van der Waals surface area contributed by atoms with E-state index in [9.17, 15) is 9.59 Å². The van der Waals surface area contributed by atoms with Gasteiger partial charge in [-0.15, -0.1) is 0 Å². The molecule has 1 aromatic heterocycles. The minimum Gasteiger partial charge on any atom is -0.497 e. The molecule has 0 radical (unpaired) electrons. The number of ether oxygens (including phenoxy) is 1. The number of hydrogen-bond acceptors (Lipinski definition) is 3. The lowest BCUT2D eigenvalue weighted by molar-refractivity contribution is -0.133. The third-order valence-corrected chi connectivity index (χ3v) is 5.56. The Morgan fingerprint density at radius 2 is 1.83 bits per heavy atom. The standard InChI is InChI=1S/C24H35N3O3/c1-6-8-16-26(17-21-10-9-15-25(21)4)23(28)18-27(19(3)7-2)24(29)20-11-13-22(30-5)14-12-20/h9-15,19H,6-8,16-18H2,1-5H3. The number of unbranched alkanes of at least 4 members (excludes halogenated alkanes) is 1. The summed E-state index contributed by atoms with van der Waals surface area (Å²) in [6.45, 7) is 7.45. The maximum Gasteiger partial charge on any atom is 0.254 e. The Bertz CT molecular complexity index is 813. The molecule has 0 saturated carbocycles. The molecule has 0 aliphatic carbocycles. The number of nitrogens with zero attached hydrogens (tertiary/aromatic N) is 3. The van der Waals surface area contributed by atoms with E-state index in [2.05, 4.69) is 6.92 Å². The van der Waals surface area contributed by atoms with E-state index in [1.54, 1.807) is 36.3 Å². The molecule has 1 unspecified atom stereocenters. The fourth-order valence-electron chi connectivity index (χ4n) is 3.29. The van der Waals surface area contributed by atoms with Crippen LogP contribution in [0.25, 0.3) is 0 Å². The van der Waals surface area contributed by atoms with E-state index in [1.165, 1.54) is 0 Å². The van der Waals surface area contributed by atoms with E-state index in [0.717, 1.165) is 25.0 Å². The van der Waals surface area contributed by atoms with Gasteiger partial charge < -0.3 is 19.1 Å². The SMILES string of the molecule is CCCCN(Cc1cccn1C)C(=O)CN(C(=O)c1ccc(OC)cc1)C(C)CC. The molecular formula is C24H35N3O3. The molecule has 0 spiro atoms. The van der Waals surface area contributed by atoms with Gasteiger partial charge in [-0.05, 0) is 56.2 Å². The summed E-state index contributed by atoms with van der Waals surface area (Å²) >= 11 is 0. The predicted molar refractivity (Wildman–Crippen MR) is 120 cm³/mol. The second-order valence-corrected chi connectivity index (χ2v) is 7.70. The van der Waals surface area contributed by atoms with E-state index in [0.29, 0.717) is 24.4 Å². The van der Waals surface area contributed by atoms with Gasteiger partial charge in [-0.1, -0.05) is 20.3 Å². The average Bonchev–Trinajstić information content (AvgIpc) is 3.18. The van der Waals surface area contributed by atoms with Crippen LogP contribution in [0, 0.1) is 0 Å². The predicted octanol–water partition coefficient (Wildman–Crippen LogP) is 4.10. The van der Waals surface area contributed by atoms with Crippen LogP contribution in [0.3, 0.4) is 0 Å². The number of carbonyl (C=O) groups excluding carboxylic acids is 2. The Kier molecular flexibility index (Phi) is 8.96. The summed E-state index contributed by atoms with van der Waals surface area (Å²) in [5.41, 5.74) is 1.64. The van der Waals surface area contributed by atoms with Crippen LogP contribution in [0.4, 0.5) is 0 Å². The molecule has 0 N–H and O–H groups in total. The number of aryl methyl sites for hydroxylation is 1. The molecule has 0 fully saturated rings. The Labute approximate surface area is 180 Å². The van der Waals surface area contributed by atoms with Crippen molar-refractivity contribution in [3.63, 3.8) is 0 Å². The summed E-state index contributed by atoms with van der Waals surface area (Å²) < 4.78 is 7.21. The zero-order valence-corrected chi connectivity index (χ0v) is 18.9. The van der Waals surface area contributed by atoms with Gasteiger partial charge in [0, 0.05) is 37.1 Å². The molecule has 30 heavy (non-hydrogen) atoms. The van der Waals surface area contributed by atoms with Gasteiger partial charge >= 0.3 is 0 Å². The fraction of sp³-hybridized carbons (Fsp3) is 0.500. The molecular weight excluding hydrogens is 378 g/mol. The van der Waals surface area contributed by atoms with Gasteiger partial charge in [-0.3, -0.25) is 9.59 Å². The smallest absolute Gasteiger partial charge is 0.254 e. The number of amides is 2. The highest BCUT2D eigenvalue weighted by Crippen LogP contribution is 2.16. The number of aromatic nitrogens is 1. The lowest BCUT2D eigenvalue weighted by Crippen LogP contribution is -2.46. The van der Waals surface area contributed by atoms with Gasteiger partial charge in [0.15, 0.2) is 0 Å². The van der Waals surface area contributed by atoms with Gasteiger partial charge in [0.1, 0.15) is 12.3 Å². The van der Waals surface area contributed by atoms with E-state index in [4.69, 9.17) is 4.74 Å². The van der Waals surface area contributed by atoms with Crippen LogP contribution in [0.1, 0.15) is 56.1 Å². The quantitative estimate of drug-likeness (QED) is 0.557. The van der Waals surface area contributed by atoms with Crippen LogP contribution in [0.15, 0.2) is 42.6 Å². The second kappa shape index (κ2) is 11.4. The lowest BCUT2D eigenvalue weighted by atomic mass is 10.1. The van der Waals surface area contributed by atoms with Crippen molar-refractivity contribution in [2.75, 3.05) is 20.2 Å². The number of hydrogen-bond donors (Lipinski definition) is 0. The van der Waals surface area contributed by atoms with Crippen molar-refractivity contribution in [2.24, 2.45) is 7.05 Å². The van der Waals surface area contributed by atoms with Crippen molar-refractivity contribution in [2.45, 2.75) is 52.6 Å². The highest BCUT2D eigenvalue weighted by atomic mass is 16.5. The van der Waals surface area contributed by atoms with E-state index < -0.39 is 0 Å². The summed E-state index contributed by atoms with van der Waals surface area (Å²) in [5, 5.41) is 0. The first-order valence-electron chi connectivity index (χ1n) is 10.7. The lowest BCUT2D eigenvalue weighted by Gasteiger charge is -2.31. The fourth-order valence-corrected chi connectivity index (χ4v) is 3.29. The number of methoxy groups -OCH3 is 1. The number of carbonyl (C=O) groups is 2. The largest absolute Gasteiger partial charge is 0.497 e. The Morgan fingerprint density at radius 3 is 2.37 bits per heavy atom. The molecule has 2 rings (SSSR count). The monoisotopic (exact) mass is 413 g/mol. The first kappa shape index (κ1) is 23.5. The maximum atomic E-state index is 13.3. The molecule has 1 heterocycles. The summed E-state index contributed by atoms with van der Waals surface area (Å²) in [6, 6.07) is 11.0. The van der Waals surface area contributed by atoms with Crippen LogP contribution < -0.4 is 4.74 Å². The normalized spacial score (nSPS) is 11.8. The van der Waals surface area contributed by atoms with Gasteiger partial charge in [-0.2, -0.15) is 0 Å². The number of rotatable bonds is 11. The van der Waals surface area contributed by atoms with Gasteiger partial charge in [0.25, 0.3) is 5.91 Å². The summed E-state index contributed by atoms with van der Waals surface area (Å²) in [7, 11) is 3.58. The maximum absolute atomic E-state index is 13.3. The average molecular weight is 414 g/mol. The van der Waals surface area contributed by atoms with Crippen LogP contribution in [-0.4, -0.2) is 52.4 Å². The third kappa shape index (κ3) is 6.12. The molecule has 0 aliphatic heterocycles. The van der Waals surface area contributed by atoms with Gasteiger partial charge in [0.05, 0.1) is 13.7 Å². The van der Waals surface area contributed by atoms with Crippen LogP contribution >= 0.6 is 0 Å². The molecule has 0 aliphatic rings. The summed E-state index contributed by atoms with van der Waals surface area (Å²) in [4.78, 5) is 30.0. The van der Waals surface area contributed by atoms with E-state index >= 15 is 0 Å². The number of benzene rings is 1. The molecule has 0 saturated heterocycles. The van der Waals surface area contributed by atoms with Crippen LogP contribution in [0.5, 0.6) is 5.75 Å². The zero-order chi connectivity index (χ0) is 22.1. The molecule has 0 bridgehead atoms. The van der Waals surface area contributed by atoms with Gasteiger partial charge in [-0.25, -0.2) is 0 Å². The molecule has 6 heteroatoms. The molecule has 1 aromatic carbocycles. The van der Waals surface area contributed by atoms with Crippen molar-refractivity contribution in [1.29, 1.82) is 0 Å². The van der Waals surface area contributed by atoms with Crippen molar-refractivity contribution in [1.82, 2.24) is 14.4 Å². The Hall–Kier alpha value is -2.76. The summed E-state index contributed by atoms with van der Waals surface area (Å²) in [6.07, 6.45) is 4.71. The minimum absolute atomic E-state index is 0.0215. The Balaban J connectivity index is 2.19. The zero-order valence-electron chi connectivity index (χ0n) is 18.9. The Morgan fingerprint density at radius 1 is 1.13 bits per heavy atom. The van der Waals surface area contributed by atoms with Crippen molar-refractivity contribution in [3.8, 4) is 5.75 Å². The minimum atomic E-state index is -0.130. The molecule has 1 atom stereocenters. The molecule has 6 nitrogen and oxygen atoms in total. The highest BCUT2D eigenvalue weighted by Gasteiger charge is 2.26. The molecule has 164 valence electrons. The van der Waals surface area contributed by atoms with E-state index in [-0.39, 0.29) is 24.4 Å². The first-order chi connectivity index (χ1) is 14.4. The second-order valence-electron chi connectivity index (χ2n) is 7.70. The van der Waals surface area contributed by atoms with Crippen molar-refractivity contribution < 1.29 is 14.3 Å². The molecule has 2 amide bonds. The van der Waals surface area contributed by atoms with Crippen molar-refractivity contribution in [3.05, 3.63) is 53.9 Å². The van der Waals surface area contributed by atoms with Gasteiger partial charge in [0.2, 0.25) is 5.91 Å². The first-order valence-corrected chi connectivity index (χ1v) is 10.7. The van der Waals surface area contributed by atoms with Crippen molar-refractivity contribution >= 4 is 11.8 Å². The van der Waals surface area contributed by atoms with E-state index in [1.807, 2.05) is 48.7 Å². The topological polar surface area (TPSA) is 54.8 Å². The third-order valence-electron chi connectivity index (χ3n) is 5.56. The molecule has 2 aromatic rings. The highest BCUT2D eigenvalue weighted by molar-refractivity contribution is 5.96. The van der Waals surface area contributed by atoms with Crippen LogP contribution in [0.2, 0.25) is 0 Å². The summed E-state index contributed by atoms with van der Waals surface area (Å²) in [5.74, 6) is 0.549.